The minimum Gasteiger partial charge on any atom is -0.271 e. The fraction of sp³-hybridized carbons (Fsp3) is 0.667. The quantitative estimate of drug-likeness (QED) is 0.636. The largest absolute Gasteiger partial charge is 0.271 e. The van der Waals surface area contributed by atoms with E-state index in [1.807, 2.05) is 0 Å². The first kappa shape index (κ1) is 15.5. The van der Waals surface area contributed by atoms with Crippen molar-refractivity contribution in [3.05, 3.63) is 35.4 Å². The first-order valence-corrected chi connectivity index (χ1v) is 7.98. The molecule has 3 N–H and O–H groups in total. The monoisotopic (exact) mass is 274 g/mol. The molecular weight excluding hydrogens is 244 g/mol. The Morgan fingerprint density at radius 1 is 1.15 bits per heavy atom. The summed E-state index contributed by atoms with van der Waals surface area (Å²) < 4.78 is 0. The summed E-state index contributed by atoms with van der Waals surface area (Å²) in [4.78, 5) is 0. The molecule has 112 valence electrons. The fourth-order valence-corrected chi connectivity index (χ4v) is 3.48. The van der Waals surface area contributed by atoms with E-state index in [0.717, 1.165) is 5.92 Å². The predicted octanol–water partition coefficient (Wildman–Crippen LogP) is 4.31. The SMILES string of the molecule is CC1CCCC(C(NN)c2ccc(C(C)(C)C)cc2)C1. The number of rotatable bonds is 3. The second kappa shape index (κ2) is 6.28. The Bertz CT molecular complexity index is 416. The maximum Gasteiger partial charge on any atom is 0.0488 e. The standard InChI is InChI=1S/C18H30N2/c1-13-6-5-7-15(12-13)17(20-19)14-8-10-16(11-9-14)18(2,3)4/h8-11,13,15,17,20H,5-7,12,19H2,1-4H3. The van der Waals surface area contributed by atoms with Gasteiger partial charge in [0.25, 0.3) is 0 Å². The van der Waals surface area contributed by atoms with Gasteiger partial charge in [-0.05, 0) is 41.2 Å². The summed E-state index contributed by atoms with van der Waals surface area (Å²) in [5, 5.41) is 0. The van der Waals surface area contributed by atoms with Gasteiger partial charge >= 0.3 is 0 Å². The first-order chi connectivity index (χ1) is 9.41. The van der Waals surface area contributed by atoms with Gasteiger partial charge in [0.15, 0.2) is 0 Å². The molecule has 1 aromatic rings. The zero-order valence-corrected chi connectivity index (χ0v) is 13.4. The van der Waals surface area contributed by atoms with Gasteiger partial charge in [0, 0.05) is 6.04 Å². The molecule has 0 aromatic heterocycles. The molecule has 3 atom stereocenters. The highest BCUT2D eigenvalue weighted by Crippen LogP contribution is 2.37. The molecule has 1 aliphatic carbocycles. The average molecular weight is 274 g/mol. The highest BCUT2D eigenvalue weighted by Gasteiger charge is 2.27. The van der Waals surface area contributed by atoms with Crippen LogP contribution in [-0.2, 0) is 5.41 Å². The van der Waals surface area contributed by atoms with Gasteiger partial charge in [0.1, 0.15) is 0 Å². The molecule has 2 heteroatoms. The zero-order valence-electron chi connectivity index (χ0n) is 13.4. The topological polar surface area (TPSA) is 38.0 Å². The molecule has 0 amide bonds. The van der Waals surface area contributed by atoms with Crippen LogP contribution in [0.1, 0.15) is 70.5 Å². The third-order valence-electron chi connectivity index (χ3n) is 4.76. The van der Waals surface area contributed by atoms with Crippen LogP contribution < -0.4 is 11.3 Å². The zero-order chi connectivity index (χ0) is 14.8. The third-order valence-corrected chi connectivity index (χ3v) is 4.76. The van der Waals surface area contributed by atoms with Gasteiger partial charge in [0.05, 0.1) is 0 Å². The van der Waals surface area contributed by atoms with Crippen molar-refractivity contribution in [2.45, 2.75) is 64.8 Å². The number of hydrazine groups is 1. The van der Waals surface area contributed by atoms with E-state index < -0.39 is 0 Å². The first-order valence-electron chi connectivity index (χ1n) is 7.98. The van der Waals surface area contributed by atoms with Crippen molar-refractivity contribution in [1.29, 1.82) is 0 Å². The van der Waals surface area contributed by atoms with Crippen LogP contribution in [-0.4, -0.2) is 0 Å². The molecule has 1 aliphatic rings. The molecule has 0 bridgehead atoms. The van der Waals surface area contributed by atoms with Crippen molar-refractivity contribution in [3.63, 3.8) is 0 Å². The minimum absolute atomic E-state index is 0.212. The van der Waals surface area contributed by atoms with Crippen LogP contribution in [0.15, 0.2) is 24.3 Å². The van der Waals surface area contributed by atoms with Crippen molar-refractivity contribution < 1.29 is 0 Å². The van der Waals surface area contributed by atoms with Crippen LogP contribution in [0.4, 0.5) is 0 Å². The lowest BCUT2D eigenvalue weighted by Gasteiger charge is -2.33. The maximum absolute atomic E-state index is 5.85. The Morgan fingerprint density at radius 2 is 1.80 bits per heavy atom. The Labute approximate surface area is 124 Å². The summed E-state index contributed by atoms with van der Waals surface area (Å²) in [7, 11) is 0. The number of hydrogen-bond acceptors (Lipinski definition) is 2. The van der Waals surface area contributed by atoms with Crippen LogP contribution in [0.3, 0.4) is 0 Å². The Hall–Kier alpha value is -0.860. The Balaban J connectivity index is 2.15. The van der Waals surface area contributed by atoms with Gasteiger partial charge in [-0.3, -0.25) is 11.3 Å². The molecule has 1 saturated carbocycles. The lowest BCUT2D eigenvalue weighted by Crippen LogP contribution is -2.35. The van der Waals surface area contributed by atoms with Crippen LogP contribution in [0.25, 0.3) is 0 Å². The molecule has 3 unspecified atom stereocenters. The summed E-state index contributed by atoms with van der Waals surface area (Å²) in [5.74, 6) is 7.36. The van der Waals surface area contributed by atoms with E-state index in [9.17, 15) is 0 Å². The fourth-order valence-electron chi connectivity index (χ4n) is 3.48. The molecule has 0 saturated heterocycles. The summed E-state index contributed by atoms with van der Waals surface area (Å²) >= 11 is 0. The van der Waals surface area contributed by atoms with E-state index >= 15 is 0 Å². The van der Waals surface area contributed by atoms with Crippen LogP contribution >= 0.6 is 0 Å². The lowest BCUT2D eigenvalue weighted by molar-refractivity contribution is 0.224. The van der Waals surface area contributed by atoms with Gasteiger partial charge in [-0.15, -0.1) is 0 Å². The van der Waals surface area contributed by atoms with E-state index in [2.05, 4.69) is 57.4 Å². The summed E-state index contributed by atoms with van der Waals surface area (Å²) in [5.41, 5.74) is 5.99. The van der Waals surface area contributed by atoms with Crippen molar-refractivity contribution in [2.24, 2.45) is 17.7 Å². The van der Waals surface area contributed by atoms with Gasteiger partial charge in [-0.1, -0.05) is 64.8 Å². The number of nitrogens with one attached hydrogen (secondary N) is 1. The lowest BCUT2D eigenvalue weighted by atomic mass is 9.76. The summed E-state index contributed by atoms with van der Waals surface area (Å²) in [6.07, 6.45) is 5.29. The maximum atomic E-state index is 5.85. The van der Waals surface area contributed by atoms with Crippen molar-refractivity contribution >= 4 is 0 Å². The third kappa shape index (κ3) is 3.62. The van der Waals surface area contributed by atoms with Gasteiger partial charge < -0.3 is 0 Å². The van der Waals surface area contributed by atoms with E-state index in [4.69, 9.17) is 5.84 Å². The molecule has 1 fully saturated rings. The molecule has 0 spiro atoms. The summed E-state index contributed by atoms with van der Waals surface area (Å²) in [6.45, 7) is 9.12. The van der Waals surface area contributed by atoms with Crippen LogP contribution in [0, 0.1) is 11.8 Å². The number of benzene rings is 1. The molecule has 0 radical (unpaired) electrons. The molecule has 2 rings (SSSR count). The number of hydrogen-bond donors (Lipinski definition) is 2. The van der Waals surface area contributed by atoms with Crippen molar-refractivity contribution in [1.82, 2.24) is 5.43 Å². The molecule has 0 heterocycles. The van der Waals surface area contributed by atoms with Gasteiger partial charge in [0.2, 0.25) is 0 Å². The molecule has 2 nitrogen and oxygen atoms in total. The minimum atomic E-state index is 0.212. The van der Waals surface area contributed by atoms with Gasteiger partial charge in [-0.2, -0.15) is 0 Å². The van der Waals surface area contributed by atoms with Crippen molar-refractivity contribution in [3.8, 4) is 0 Å². The Morgan fingerprint density at radius 3 is 2.30 bits per heavy atom. The molecule has 1 aromatic carbocycles. The van der Waals surface area contributed by atoms with Crippen LogP contribution in [0.5, 0.6) is 0 Å². The second-order valence-corrected chi connectivity index (χ2v) is 7.55. The predicted molar refractivity (Wildman–Crippen MR) is 86.3 cm³/mol. The van der Waals surface area contributed by atoms with Gasteiger partial charge in [-0.25, -0.2) is 0 Å². The summed E-state index contributed by atoms with van der Waals surface area (Å²) in [6, 6.07) is 9.32. The van der Waals surface area contributed by atoms with E-state index in [1.165, 1.54) is 36.8 Å². The average Bonchev–Trinajstić information content (AvgIpc) is 2.39. The van der Waals surface area contributed by atoms with Crippen LogP contribution in [0.2, 0.25) is 0 Å². The second-order valence-electron chi connectivity index (χ2n) is 7.55. The van der Waals surface area contributed by atoms with E-state index in [1.54, 1.807) is 0 Å². The van der Waals surface area contributed by atoms with E-state index in [-0.39, 0.29) is 5.41 Å². The smallest absolute Gasteiger partial charge is 0.0488 e. The van der Waals surface area contributed by atoms with E-state index in [0.29, 0.717) is 12.0 Å². The Kier molecular flexibility index (Phi) is 4.87. The molecule has 0 aliphatic heterocycles. The molecular formula is C18H30N2. The highest BCUT2D eigenvalue weighted by molar-refractivity contribution is 5.29. The highest BCUT2D eigenvalue weighted by atomic mass is 15.2. The number of nitrogens with two attached hydrogens (primary N) is 1. The normalized spacial score (nSPS) is 25.4. The molecule has 20 heavy (non-hydrogen) atoms. The van der Waals surface area contributed by atoms with Crippen molar-refractivity contribution in [2.75, 3.05) is 0 Å².